The number of amides is 2. The molecule has 0 aliphatic carbocycles. The van der Waals surface area contributed by atoms with E-state index in [9.17, 15) is 9.90 Å². The number of likely N-dealkylation sites (N-methyl/N-ethyl adjacent to an activating group) is 1. The van der Waals surface area contributed by atoms with Crippen LogP contribution in [0.2, 0.25) is 5.02 Å². The Balaban J connectivity index is 2.78. The Kier molecular flexibility index (Phi) is 4.59. The van der Waals surface area contributed by atoms with Crippen molar-refractivity contribution in [3.05, 3.63) is 28.8 Å². The summed E-state index contributed by atoms with van der Waals surface area (Å²) in [4.78, 5) is 13.4. The number of hydrogen-bond donors (Lipinski definition) is 2. The third-order valence-electron chi connectivity index (χ3n) is 3.02. The quantitative estimate of drug-likeness (QED) is 0.887. The molecule has 0 aromatic heterocycles. The lowest BCUT2D eigenvalue weighted by atomic mass is 10.1. The molecular weight excluding hydrogens is 252 g/mol. The van der Waals surface area contributed by atoms with Gasteiger partial charge in [0, 0.05) is 17.8 Å². The Morgan fingerprint density at radius 3 is 2.61 bits per heavy atom. The molecule has 0 heterocycles. The lowest BCUT2D eigenvalue weighted by molar-refractivity contribution is 0.104. The van der Waals surface area contributed by atoms with Gasteiger partial charge in [-0.1, -0.05) is 17.7 Å². The molecule has 1 aromatic rings. The molecular formula is C13H19ClN2O2. The van der Waals surface area contributed by atoms with Crippen LogP contribution in [0.15, 0.2) is 18.2 Å². The van der Waals surface area contributed by atoms with Crippen molar-refractivity contribution in [3.63, 3.8) is 0 Å². The van der Waals surface area contributed by atoms with Gasteiger partial charge < -0.3 is 15.3 Å². The first-order valence-electron chi connectivity index (χ1n) is 5.70. The van der Waals surface area contributed by atoms with Gasteiger partial charge in [0.2, 0.25) is 0 Å². The number of aryl methyl sites for hydroxylation is 1. The van der Waals surface area contributed by atoms with Gasteiger partial charge in [-0.05, 0) is 38.5 Å². The van der Waals surface area contributed by atoms with Gasteiger partial charge in [0.15, 0.2) is 0 Å². The number of nitrogens with one attached hydrogen (secondary N) is 1. The topological polar surface area (TPSA) is 52.6 Å². The number of rotatable bonds is 3. The highest BCUT2D eigenvalue weighted by molar-refractivity contribution is 6.31. The molecule has 0 radical (unpaired) electrons. The van der Waals surface area contributed by atoms with Gasteiger partial charge in [-0.15, -0.1) is 0 Å². The number of aliphatic hydroxyl groups is 1. The van der Waals surface area contributed by atoms with Crippen LogP contribution in [0.25, 0.3) is 0 Å². The predicted octanol–water partition coefficient (Wildman–Crippen LogP) is 2.88. The number of hydrogen-bond acceptors (Lipinski definition) is 2. The molecule has 0 saturated carbocycles. The van der Waals surface area contributed by atoms with Crippen molar-refractivity contribution in [2.75, 3.05) is 19.0 Å². The first-order valence-corrected chi connectivity index (χ1v) is 6.07. The van der Waals surface area contributed by atoms with Gasteiger partial charge >= 0.3 is 6.03 Å². The predicted molar refractivity (Wildman–Crippen MR) is 74.1 cm³/mol. The number of aliphatic hydroxyl groups excluding tert-OH is 1. The molecule has 0 atom stereocenters. The average Bonchev–Trinajstić information content (AvgIpc) is 2.32. The molecule has 5 heteroatoms. The van der Waals surface area contributed by atoms with E-state index in [2.05, 4.69) is 5.32 Å². The molecule has 4 nitrogen and oxygen atoms in total. The summed E-state index contributed by atoms with van der Waals surface area (Å²) < 4.78 is 0. The molecule has 0 unspecified atom stereocenters. The zero-order valence-electron chi connectivity index (χ0n) is 11.1. The minimum Gasteiger partial charge on any atom is -0.394 e. The lowest BCUT2D eigenvalue weighted by Gasteiger charge is -2.33. The zero-order valence-corrected chi connectivity index (χ0v) is 11.9. The monoisotopic (exact) mass is 270 g/mol. The third-order valence-corrected chi connectivity index (χ3v) is 3.43. The van der Waals surface area contributed by atoms with Crippen LogP contribution < -0.4 is 5.32 Å². The second-order valence-electron chi connectivity index (χ2n) is 4.92. The Hall–Kier alpha value is -1.26. The SMILES string of the molecule is Cc1ccc(NC(=O)N(C)C(C)(C)CO)cc1Cl. The maximum Gasteiger partial charge on any atom is 0.322 e. The van der Waals surface area contributed by atoms with Crippen molar-refractivity contribution in [1.29, 1.82) is 0 Å². The van der Waals surface area contributed by atoms with E-state index in [0.29, 0.717) is 10.7 Å². The van der Waals surface area contributed by atoms with Gasteiger partial charge in [-0.2, -0.15) is 0 Å². The largest absolute Gasteiger partial charge is 0.394 e. The van der Waals surface area contributed by atoms with E-state index in [-0.39, 0.29) is 12.6 Å². The molecule has 1 aromatic carbocycles. The molecule has 0 bridgehead atoms. The molecule has 0 spiro atoms. The highest BCUT2D eigenvalue weighted by Gasteiger charge is 2.26. The van der Waals surface area contributed by atoms with Crippen molar-refractivity contribution in [3.8, 4) is 0 Å². The van der Waals surface area contributed by atoms with Crippen LogP contribution in [0.3, 0.4) is 0 Å². The maximum atomic E-state index is 12.0. The summed E-state index contributed by atoms with van der Waals surface area (Å²) in [6, 6.07) is 5.05. The van der Waals surface area contributed by atoms with Crippen LogP contribution >= 0.6 is 11.6 Å². The summed E-state index contributed by atoms with van der Waals surface area (Å²) in [7, 11) is 1.64. The van der Waals surface area contributed by atoms with Crippen LogP contribution in [-0.2, 0) is 0 Å². The van der Waals surface area contributed by atoms with Crippen molar-refractivity contribution >= 4 is 23.3 Å². The molecule has 100 valence electrons. The minimum absolute atomic E-state index is 0.106. The van der Waals surface area contributed by atoms with Crippen LogP contribution in [0.4, 0.5) is 10.5 Å². The van der Waals surface area contributed by atoms with E-state index in [1.165, 1.54) is 4.90 Å². The van der Waals surface area contributed by atoms with Crippen LogP contribution in [0.5, 0.6) is 0 Å². The molecule has 18 heavy (non-hydrogen) atoms. The Bertz CT molecular complexity index is 447. The fourth-order valence-corrected chi connectivity index (χ4v) is 1.44. The molecule has 0 saturated heterocycles. The van der Waals surface area contributed by atoms with Gasteiger partial charge in [0.25, 0.3) is 0 Å². The van der Waals surface area contributed by atoms with Gasteiger partial charge in [-0.25, -0.2) is 4.79 Å². The number of carbonyl (C=O) groups excluding carboxylic acids is 1. The maximum absolute atomic E-state index is 12.0. The molecule has 0 aliphatic rings. The highest BCUT2D eigenvalue weighted by atomic mass is 35.5. The molecule has 1 rings (SSSR count). The van der Waals surface area contributed by atoms with E-state index in [1.807, 2.05) is 13.0 Å². The van der Waals surface area contributed by atoms with Gasteiger partial charge in [0.05, 0.1) is 12.1 Å². The smallest absolute Gasteiger partial charge is 0.322 e. The fraction of sp³-hybridized carbons (Fsp3) is 0.462. The average molecular weight is 271 g/mol. The van der Waals surface area contributed by atoms with Gasteiger partial charge in [0.1, 0.15) is 0 Å². The van der Waals surface area contributed by atoms with Crippen LogP contribution in [0.1, 0.15) is 19.4 Å². The zero-order chi connectivity index (χ0) is 13.9. The number of nitrogens with zero attached hydrogens (tertiary/aromatic N) is 1. The van der Waals surface area contributed by atoms with E-state index >= 15 is 0 Å². The van der Waals surface area contributed by atoms with Crippen LogP contribution in [-0.4, -0.2) is 35.2 Å². The summed E-state index contributed by atoms with van der Waals surface area (Å²) in [5, 5.41) is 12.6. The van der Waals surface area contributed by atoms with E-state index in [1.54, 1.807) is 33.0 Å². The second kappa shape index (κ2) is 5.59. The standard InChI is InChI=1S/C13H19ClN2O2/c1-9-5-6-10(7-11(9)14)15-12(18)16(4)13(2,3)8-17/h5-7,17H,8H2,1-4H3,(H,15,18). The molecule has 0 aliphatic heterocycles. The summed E-state index contributed by atoms with van der Waals surface area (Å²) in [5.41, 5.74) is 0.980. The summed E-state index contributed by atoms with van der Waals surface area (Å²) in [5.74, 6) is 0. The fourth-order valence-electron chi connectivity index (χ4n) is 1.26. The normalized spacial score (nSPS) is 11.2. The number of anilines is 1. The van der Waals surface area contributed by atoms with Crippen molar-refractivity contribution in [2.24, 2.45) is 0 Å². The molecule has 2 N–H and O–H groups in total. The summed E-state index contributed by atoms with van der Waals surface area (Å²) >= 11 is 5.99. The van der Waals surface area contributed by atoms with Crippen molar-refractivity contribution in [1.82, 2.24) is 4.90 Å². The first kappa shape index (κ1) is 14.8. The summed E-state index contributed by atoms with van der Waals surface area (Å²) in [6.07, 6.45) is 0. The Morgan fingerprint density at radius 1 is 1.50 bits per heavy atom. The van der Waals surface area contributed by atoms with E-state index in [0.717, 1.165) is 5.56 Å². The number of carbonyl (C=O) groups is 1. The molecule has 2 amide bonds. The molecule has 0 fully saturated rings. The number of urea groups is 1. The first-order chi connectivity index (χ1) is 8.27. The van der Waals surface area contributed by atoms with Gasteiger partial charge in [-0.3, -0.25) is 0 Å². The van der Waals surface area contributed by atoms with E-state index in [4.69, 9.17) is 11.6 Å². The van der Waals surface area contributed by atoms with Crippen molar-refractivity contribution < 1.29 is 9.90 Å². The third kappa shape index (κ3) is 3.37. The summed E-state index contributed by atoms with van der Waals surface area (Å²) in [6.45, 7) is 5.36. The Labute approximate surface area is 113 Å². The van der Waals surface area contributed by atoms with Crippen molar-refractivity contribution in [2.45, 2.75) is 26.3 Å². The number of halogens is 1. The Morgan fingerprint density at radius 2 is 2.11 bits per heavy atom. The van der Waals surface area contributed by atoms with E-state index < -0.39 is 5.54 Å². The van der Waals surface area contributed by atoms with Crippen LogP contribution in [0, 0.1) is 6.92 Å². The highest BCUT2D eigenvalue weighted by Crippen LogP contribution is 2.21. The lowest BCUT2D eigenvalue weighted by Crippen LogP contribution is -2.49. The minimum atomic E-state index is -0.613. The number of benzene rings is 1. The second-order valence-corrected chi connectivity index (χ2v) is 5.33.